The number of amides is 1. The molecular formula is C18H25N3O2S. The molecule has 0 aliphatic carbocycles. The van der Waals surface area contributed by atoms with Crippen LogP contribution in [0.1, 0.15) is 24.0 Å². The summed E-state index contributed by atoms with van der Waals surface area (Å²) in [5, 5.41) is 4.06. The van der Waals surface area contributed by atoms with Crippen LogP contribution >= 0.6 is 12.2 Å². The van der Waals surface area contributed by atoms with E-state index in [0.29, 0.717) is 19.7 Å². The van der Waals surface area contributed by atoms with E-state index >= 15 is 0 Å². The Labute approximate surface area is 149 Å². The van der Waals surface area contributed by atoms with E-state index in [2.05, 4.69) is 42.3 Å². The third-order valence-electron chi connectivity index (χ3n) is 4.71. The number of nitrogens with one attached hydrogen (secondary N) is 1. The van der Waals surface area contributed by atoms with Gasteiger partial charge >= 0.3 is 0 Å². The molecule has 130 valence electrons. The highest BCUT2D eigenvalue weighted by molar-refractivity contribution is 7.80. The zero-order valence-electron chi connectivity index (χ0n) is 14.4. The van der Waals surface area contributed by atoms with Gasteiger partial charge in [-0.25, -0.2) is 0 Å². The lowest BCUT2D eigenvalue weighted by Crippen LogP contribution is -2.53. The molecule has 0 saturated carbocycles. The van der Waals surface area contributed by atoms with Crippen molar-refractivity contribution >= 4 is 28.9 Å². The topological polar surface area (TPSA) is 44.8 Å². The number of hydrogen-bond donors (Lipinski definition) is 1. The largest absolute Gasteiger partial charge is 0.368 e. The molecule has 3 rings (SSSR count). The molecule has 2 aliphatic heterocycles. The van der Waals surface area contributed by atoms with E-state index in [1.54, 1.807) is 0 Å². The third-order valence-corrected chi connectivity index (χ3v) is 5.07. The van der Waals surface area contributed by atoms with Crippen LogP contribution < -0.4 is 5.32 Å². The van der Waals surface area contributed by atoms with E-state index in [0.717, 1.165) is 36.7 Å². The van der Waals surface area contributed by atoms with Gasteiger partial charge in [0, 0.05) is 38.5 Å². The van der Waals surface area contributed by atoms with Crippen molar-refractivity contribution in [3.8, 4) is 0 Å². The van der Waals surface area contributed by atoms with Gasteiger partial charge in [0.25, 0.3) is 5.91 Å². The summed E-state index contributed by atoms with van der Waals surface area (Å²) < 4.78 is 5.50. The highest BCUT2D eigenvalue weighted by Crippen LogP contribution is 2.18. The fourth-order valence-corrected chi connectivity index (χ4v) is 3.55. The van der Waals surface area contributed by atoms with Gasteiger partial charge in [0.1, 0.15) is 6.10 Å². The number of rotatable bonds is 2. The van der Waals surface area contributed by atoms with Gasteiger partial charge in [0.15, 0.2) is 5.11 Å². The zero-order chi connectivity index (χ0) is 17.1. The molecule has 5 nitrogen and oxygen atoms in total. The number of ether oxygens (including phenoxy) is 1. The second-order valence-electron chi connectivity index (χ2n) is 6.56. The Morgan fingerprint density at radius 2 is 1.92 bits per heavy atom. The number of thiocarbonyl (C=S) groups is 1. The molecule has 0 unspecified atom stereocenters. The lowest BCUT2D eigenvalue weighted by atomic mass is 10.1. The number of benzene rings is 1. The molecule has 1 N–H and O–H groups in total. The Morgan fingerprint density at radius 1 is 1.21 bits per heavy atom. The van der Waals surface area contributed by atoms with Gasteiger partial charge in [-0.2, -0.15) is 0 Å². The molecule has 0 radical (unpaired) electrons. The summed E-state index contributed by atoms with van der Waals surface area (Å²) in [6.45, 7) is 7.79. The molecule has 1 atom stereocenters. The fourth-order valence-electron chi connectivity index (χ4n) is 3.25. The van der Waals surface area contributed by atoms with Gasteiger partial charge in [-0.1, -0.05) is 17.7 Å². The number of carbonyl (C=O) groups is 1. The minimum Gasteiger partial charge on any atom is -0.368 e. The van der Waals surface area contributed by atoms with Crippen molar-refractivity contribution in [2.24, 2.45) is 0 Å². The molecule has 2 aliphatic rings. The van der Waals surface area contributed by atoms with E-state index in [1.165, 1.54) is 11.1 Å². The van der Waals surface area contributed by atoms with Crippen LogP contribution in [0.3, 0.4) is 0 Å². The first kappa shape index (κ1) is 17.2. The van der Waals surface area contributed by atoms with E-state index in [9.17, 15) is 4.79 Å². The standard InChI is InChI=1S/C18H25N3O2S/c1-13-5-6-15(14(2)12-13)19-18(24)21-9-7-20(8-10-21)17(22)16-4-3-11-23-16/h5-6,12,16H,3-4,7-11H2,1-2H3,(H,19,24)/t16-/m0/s1. The van der Waals surface area contributed by atoms with Gasteiger partial charge in [0.05, 0.1) is 0 Å². The van der Waals surface area contributed by atoms with Gasteiger partial charge in [-0.15, -0.1) is 0 Å². The van der Waals surface area contributed by atoms with Crippen molar-refractivity contribution in [1.29, 1.82) is 0 Å². The van der Waals surface area contributed by atoms with Crippen molar-refractivity contribution in [3.63, 3.8) is 0 Å². The van der Waals surface area contributed by atoms with Crippen LogP contribution in [0.15, 0.2) is 18.2 Å². The number of anilines is 1. The van der Waals surface area contributed by atoms with Crippen LogP contribution in [0, 0.1) is 13.8 Å². The molecule has 2 fully saturated rings. The number of hydrogen-bond acceptors (Lipinski definition) is 3. The number of piperazine rings is 1. The number of nitrogens with zero attached hydrogens (tertiary/aromatic N) is 2. The molecule has 0 bridgehead atoms. The fraction of sp³-hybridized carbons (Fsp3) is 0.556. The van der Waals surface area contributed by atoms with Crippen LogP contribution in [0.4, 0.5) is 5.69 Å². The highest BCUT2D eigenvalue weighted by atomic mass is 32.1. The Balaban J connectivity index is 1.52. The van der Waals surface area contributed by atoms with Crippen molar-refractivity contribution in [3.05, 3.63) is 29.3 Å². The summed E-state index contributed by atoms with van der Waals surface area (Å²) in [5.74, 6) is 0.139. The molecular weight excluding hydrogens is 322 g/mol. The summed E-state index contributed by atoms with van der Waals surface area (Å²) in [7, 11) is 0. The summed E-state index contributed by atoms with van der Waals surface area (Å²) in [6.07, 6.45) is 1.61. The minimum absolute atomic E-state index is 0.139. The first-order valence-corrected chi connectivity index (χ1v) is 8.99. The predicted octanol–water partition coefficient (Wildman–Crippen LogP) is 2.32. The van der Waals surface area contributed by atoms with E-state index in [-0.39, 0.29) is 12.0 Å². The second kappa shape index (κ2) is 7.49. The Hall–Kier alpha value is -1.66. The van der Waals surface area contributed by atoms with Crippen LogP contribution in [-0.2, 0) is 9.53 Å². The van der Waals surface area contributed by atoms with E-state index in [1.807, 2.05) is 4.90 Å². The van der Waals surface area contributed by atoms with E-state index in [4.69, 9.17) is 17.0 Å². The molecule has 2 saturated heterocycles. The average molecular weight is 347 g/mol. The predicted molar refractivity (Wildman–Crippen MR) is 99.3 cm³/mol. The minimum atomic E-state index is -0.225. The van der Waals surface area contributed by atoms with Crippen LogP contribution in [0.5, 0.6) is 0 Å². The highest BCUT2D eigenvalue weighted by Gasteiger charge is 2.30. The van der Waals surface area contributed by atoms with Crippen molar-refractivity contribution < 1.29 is 9.53 Å². The van der Waals surface area contributed by atoms with Crippen molar-refractivity contribution in [1.82, 2.24) is 9.80 Å². The van der Waals surface area contributed by atoms with Crippen LogP contribution in [-0.4, -0.2) is 59.7 Å². The lowest BCUT2D eigenvalue weighted by Gasteiger charge is -2.37. The maximum atomic E-state index is 12.4. The Morgan fingerprint density at radius 3 is 2.54 bits per heavy atom. The maximum Gasteiger partial charge on any atom is 0.251 e. The van der Waals surface area contributed by atoms with Crippen molar-refractivity contribution in [2.75, 3.05) is 38.1 Å². The van der Waals surface area contributed by atoms with Crippen molar-refractivity contribution in [2.45, 2.75) is 32.8 Å². The van der Waals surface area contributed by atoms with Gasteiger partial charge in [-0.05, 0) is 50.5 Å². The first-order chi connectivity index (χ1) is 11.5. The molecule has 1 amide bonds. The molecule has 2 heterocycles. The molecule has 1 aromatic rings. The Kier molecular flexibility index (Phi) is 5.36. The van der Waals surface area contributed by atoms with Gasteiger partial charge in [-0.3, -0.25) is 4.79 Å². The number of carbonyl (C=O) groups excluding carboxylic acids is 1. The quantitative estimate of drug-likeness (QED) is 0.832. The molecule has 1 aromatic carbocycles. The number of aryl methyl sites for hydroxylation is 2. The zero-order valence-corrected chi connectivity index (χ0v) is 15.2. The molecule has 0 aromatic heterocycles. The third kappa shape index (κ3) is 3.87. The molecule has 0 spiro atoms. The summed E-state index contributed by atoms with van der Waals surface area (Å²) in [5.41, 5.74) is 3.47. The smallest absolute Gasteiger partial charge is 0.251 e. The SMILES string of the molecule is Cc1ccc(NC(=S)N2CCN(C(=O)[C@@H]3CCCO3)CC2)c(C)c1. The summed E-state index contributed by atoms with van der Waals surface area (Å²) in [6, 6.07) is 6.29. The maximum absolute atomic E-state index is 12.4. The first-order valence-electron chi connectivity index (χ1n) is 8.58. The van der Waals surface area contributed by atoms with Gasteiger partial charge < -0.3 is 19.9 Å². The summed E-state index contributed by atoms with van der Waals surface area (Å²) >= 11 is 5.55. The molecule has 6 heteroatoms. The van der Waals surface area contributed by atoms with Crippen LogP contribution in [0.25, 0.3) is 0 Å². The lowest BCUT2D eigenvalue weighted by molar-refractivity contribution is -0.142. The normalized spacial score (nSPS) is 21.0. The van der Waals surface area contributed by atoms with E-state index < -0.39 is 0 Å². The summed E-state index contributed by atoms with van der Waals surface area (Å²) in [4.78, 5) is 16.4. The average Bonchev–Trinajstić information content (AvgIpc) is 3.11. The monoisotopic (exact) mass is 347 g/mol. The molecule has 24 heavy (non-hydrogen) atoms. The van der Waals surface area contributed by atoms with Crippen LogP contribution in [0.2, 0.25) is 0 Å². The van der Waals surface area contributed by atoms with Gasteiger partial charge in [0.2, 0.25) is 0 Å². The Bertz CT molecular complexity index is 621. The second-order valence-corrected chi connectivity index (χ2v) is 6.95.